The van der Waals surface area contributed by atoms with Crippen LogP contribution in [-0.4, -0.2) is 38.7 Å². The second kappa shape index (κ2) is 10.5. The molecule has 0 aromatic heterocycles. The van der Waals surface area contributed by atoms with Gasteiger partial charge in [-0.05, 0) is 49.7 Å². The number of carbonyl (C=O) groups excluding carboxylic acids is 2. The number of ether oxygens (including phenoxy) is 2. The summed E-state index contributed by atoms with van der Waals surface area (Å²) in [4.78, 5) is 24.8. The van der Waals surface area contributed by atoms with E-state index in [1.807, 2.05) is 6.92 Å². The van der Waals surface area contributed by atoms with E-state index in [9.17, 15) is 9.59 Å². The Morgan fingerprint density at radius 2 is 1.93 bits per heavy atom. The summed E-state index contributed by atoms with van der Waals surface area (Å²) in [5, 5.41) is 6.02. The van der Waals surface area contributed by atoms with Gasteiger partial charge in [0.2, 0.25) is 0 Å². The van der Waals surface area contributed by atoms with Crippen LogP contribution in [0.5, 0.6) is 5.75 Å². The van der Waals surface area contributed by atoms with Gasteiger partial charge in [-0.2, -0.15) is 0 Å². The van der Waals surface area contributed by atoms with Crippen molar-refractivity contribution in [1.29, 1.82) is 0 Å². The largest absolute Gasteiger partial charge is 0.496 e. The molecular formula is C20H23ClN2O4. The van der Waals surface area contributed by atoms with E-state index in [0.29, 0.717) is 47.3 Å². The molecule has 2 rings (SSSR count). The molecule has 2 aromatic carbocycles. The number of amides is 2. The zero-order valence-electron chi connectivity index (χ0n) is 15.4. The number of hydrogen-bond acceptors (Lipinski definition) is 4. The van der Waals surface area contributed by atoms with E-state index in [-0.39, 0.29) is 11.8 Å². The van der Waals surface area contributed by atoms with Gasteiger partial charge >= 0.3 is 0 Å². The molecule has 2 N–H and O–H groups in total. The lowest BCUT2D eigenvalue weighted by atomic mass is 10.1. The van der Waals surface area contributed by atoms with Crippen molar-refractivity contribution in [2.75, 3.05) is 32.2 Å². The van der Waals surface area contributed by atoms with E-state index in [2.05, 4.69) is 10.6 Å². The molecule has 0 aliphatic carbocycles. The van der Waals surface area contributed by atoms with Crippen molar-refractivity contribution in [2.24, 2.45) is 0 Å². The van der Waals surface area contributed by atoms with Crippen LogP contribution in [0.4, 0.5) is 5.69 Å². The number of halogens is 1. The first-order chi connectivity index (χ1) is 13.0. The third kappa shape index (κ3) is 6.27. The average Bonchev–Trinajstić information content (AvgIpc) is 2.67. The van der Waals surface area contributed by atoms with E-state index in [1.165, 1.54) is 13.2 Å². The highest BCUT2D eigenvalue weighted by atomic mass is 35.5. The molecule has 0 aliphatic rings. The molecule has 0 saturated carbocycles. The highest BCUT2D eigenvalue weighted by Gasteiger charge is 2.14. The molecule has 27 heavy (non-hydrogen) atoms. The molecule has 6 nitrogen and oxygen atoms in total. The molecule has 2 aromatic rings. The summed E-state index contributed by atoms with van der Waals surface area (Å²) >= 11 is 5.97. The van der Waals surface area contributed by atoms with Gasteiger partial charge in [-0.25, -0.2) is 0 Å². The van der Waals surface area contributed by atoms with Gasteiger partial charge in [0.05, 0.1) is 12.7 Å². The number of rotatable bonds is 9. The van der Waals surface area contributed by atoms with Crippen LogP contribution >= 0.6 is 11.6 Å². The summed E-state index contributed by atoms with van der Waals surface area (Å²) in [6.45, 7) is 3.72. The molecule has 0 bridgehead atoms. The van der Waals surface area contributed by atoms with Crippen molar-refractivity contribution in [2.45, 2.75) is 13.3 Å². The summed E-state index contributed by atoms with van der Waals surface area (Å²) in [6, 6.07) is 11.5. The van der Waals surface area contributed by atoms with Crippen LogP contribution in [0.25, 0.3) is 0 Å². The second-order valence-corrected chi connectivity index (χ2v) is 6.12. The standard InChI is InChI=1S/C20H23ClN2O4/c1-3-27-11-5-10-22-19(24)14-6-4-7-16(12-14)23-20(25)17-13-15(21)8-9-18(17)26-2/h4,6-9,12-13H,3,5,10-11H2,1-2H3,(H,22,24)(H,23,25). The molecule has 0 heterocycles. The molecule has 0 aliphatic heterocycles. The van der Waals surface area contributed by atoms with E-state index in [4.69, 9.17) is 21.1 Å². The van der Waals surface area contributed by atoms with Crippen LogP contribution in [0.1, 0.15) is 34.1 Å². The summed E-state index contributed by atoms with van der Waals surface area (Å²) in [5.74, 6) is -0.161. The van der Waals surface area contributed by atoms with Crippen molar-refractivity contribution >= 4 is 29.1 Å². The first-order valence-electron chi connectivity index (χ1n) is 8.66. The molecule has 0 radical (unpaired) electrons. The monoisotopic (exact) mass is 390 g/mol. The first-order valence-corrected chi connectivity index (χ1v) is 9.03. The maximum atomic E-state index is 12.5. The van der Waals surface area contributed by atoms with E-state index >= 15 is 0 Å². The van der Waals surface area contributed by atoms with Crippen LogP contribution in [0.15, 0.2) is 42.5 Å². The van der Waals surface area contributed by atoms with E-state index < -0.39 is 0 Å². The zero-order chi connectivity index (χ0) is 19.6. The van der Waals surface area contributed by atoms with Crippen molar-refractivity contribution in [1.82, 2.24) is 5.32 Å². The van der Waals surface area contributed by atoms with Gasteiger partial charge in [0.15, 0.2) is 0 Å². The normalized spacial score (nSPS) is 10.3. The summed E-state index contributed by atoms with van der Waals surface area (Å²) in [7, 11) is 1.48. The fourth-order valence-electron chi connectivity index (χ4n) is 2.42. The molecule has 0 saturated heterocycles. The molecule has 2 amide bonds. The van der Waals surface area contributed by atoms with Crippen LogP contribution < -0.4 is 15.4 Å². The molecule has 0 spiro atoms. The summed E-state index contributed by atoms with van der Waals surface area (Å²) in [5.41, 5.74) is 1.28. The molecule has 0 atom stereocenters. The minimum absolute atomic E-state index is 0.206. The first kappa shape index (κ1) is 20.7. The lowest BCUT2D eigenvalue weighted by Gasteiger charge is -2.11. The quantitative estimate of drug-likeness (QED) is 0.639. The van der Waals surface area contributed by atoms with Gasteiger partial charge < -0.3 is 20.1 Å². The Balaban J connectivity index is 2.02. The van der Waals surface area contributed by atoms with Crippen LogP contribution in [0.3, 0.4) is 0 Å². The Kier molecular flexibility index (Phi) is 8.10. The lowest BCUT2D eigenvalue weighted by molar-refractivity contribution is 0.0942. The van der Waals surface area contributed by atoms with Gasteiger partial charge in [-0.1, -0.05) is 17.7 Å². The Labute approximate surface area is 163 Å². The second-order valence-electron chi connectivity index (χ2n) is 5.69. The van der Waals surface area contributed by atoms with Crippen LogP contribution in [0.2, 0.25) is 5.02 Å². The van der Waals surface area contributed by atoms with Crippen molar-refractivity contribution < 1.29 is 19.1 Å². The third-order valence-corrected chi connectivity index (χ3v) is 3.98. The summed E-state index contributed by atoms with van der Waals surface area (Å²) < 4.78 is 10.4. The van der Waals surface area contributed by atoms with Gasteiger partial charge in [-0.3, -0.25) is 9.59 Å². The molecule has 0 fully saturated rings. The molecule has 144 valence electrons. The van der Waals surface area contributed by atoms with Crippen molar-refractivity contribution in [3.8, 4) is 5.75 Å². The van der Waals surface area contributed by atoms with E-state index in [1.54, 1.807) is 36.4 Å². The minimum Gasteiger partial charge on any atom is -0.496 e. The predicted octanol–water partition coefficient (Wildman–Crippen LogP) is 3.76. The highest BCUT2D eigenvalue weighted by Crippen LogP contribution is 2.24. The maximum absolute atomic E-state index is 12.5. The SMILES string of the molecule is CCOCCCNC(=O)c1cccc(NC(=O)c2cc(Cl)ccc2OC)c1. The fraction of sp³-hybridized carbons (Fsp3) is 0.300. The third-order valence-electron chi connectivity index (χ3n) is 3.74. The number of carbonyl (C=O) groups is 2. The number of nitrogens with one attached hydrogen (secondary N) is 2. The van der Waals surface area contributed by atoms with Gasteiger partial charge in [0.25, 0.3) is 11.8 Å². The average molecular weight is 391 g/mol. The Bertz CT molecular complexity index is 795. The molecule has 7 heteroatoms. The molecular weight excluding hydrogens is 368 g/mol. The topological polar surface area (TPSA) is 76.7 Å². The fourth-order valence-corrected chi connectivity index (χ4v) is 2.59. The van der Waals surface area contributed by atoms with Crippen LogP contribution in [-0.2, 0) is 4.74 Å². The Morgan fingerprint density at radius 1 is 1.11 bits per heavy atom. The maximum Gasteiger partial charge on any atom is 0.259 e. The summed E-state index contributed by atoms with van der Waals surface area (Å²) in [6.07, 6.45) is 0.741. The highest BCUT2D eigenvalue weighted by molar-refractivity contribution is 6.31. The Morgan fingerprint density at radius 3 is 2.67 bits per heavy atom. The Hall–Kier alpha value is -2.57. The zero-order valence-corrected chi connectivity index (χ0v) is 16.1. The van der Waals surface area contributed by atoms with Gasteiger partial charge in [0.1, 0.15) is 5.75 Å². The van der Waals surface area contributed by atoms with E-state index in [0.717, 1.165) is 6.42 Å². The molecule has 0 unspecified atom stereocenters. The lowest BCUT2D eigenvalue weighted by Crippen LogP contribution is -2.25. The van der Waals surface area contributed by atoms with Crippen molar-refractivity contribution in [3.05, 3.63) is 58.6 Å². The van der Waals surface area contributed by atoms with Crippen LogP contribution in [0, 0.1) is 0 Å². The predicted molar refractivity (Wildman–Crippen MR) is 106 cm³/mol. The number of methoxy groups -OCH3 is 1. The smallest absolute Gasteiger partial charge is 0.259 e. The van der Waals surface area contributed by atoms with Crippen molar-refractivity contribution in [3.63, 3.8) is 0 Å². The van der Waals surface area contributed by atoms with Gasteiger partial charge in [-0.15, -0.1) is 0 Å². The van der Waals surface area contributed by atoms with Gasteiger partial charge in [0, 0.05) is 36.0 Å². The minimum atomic E-state index is -0.372. The number of hydrogen-bond donors (Lipinski definition) is 2. The number of anilines is 1. The number of benzene rings is 2.